The molecule has 0 aliphatic rings. The molecule has 0 aromatic heterocycles. The molecule has 0 spiro atoms. The van der Waals surface area contributed by atoms with Gasteiger partial charge in [-0.15, -0.1) is 0 Å². The first-order valence-corrected chi connectivity index (χ1v) is 7.16. The van der Waals surface area contributed by atoms with E-state index in [-0.39, 0.29) is 0 Å². The Kier molecular flexibility index (Phi) is 5.03. The van der Waals surface area contributed by atoms with Crippen LogP contribution >= 0.6 is 11.6 Å². The summed E-state index contributed by atoms with van der Waals surface area (Å²) in [6, 6.07) is 17.8. The third-order valence-electron chi connectivity index (χ3n) is 3.17. The maximum absolute atomic E-state index is 8.93. The number of unbranched alkanes of at least 4 members (excludes halogenated alkanes) is 1. The monoisotopic (exact) mass is 284 g/mol. The molecule has 0 N–H and O–H groups in total. The van der Waals surface area contributed by atoms with Crippen LogP contribution in [-0.2, 0) is 0 Å². The molecular formula is C17H17ClN2. The summed E-state index contributed by atoms with van der Waals surface area (Å²) in [7, 11) is 0. The predicted molar refractivity (Wildman–Crippen MR) is 84.5 cm³/mol. The lowest BCUT2D eigenvalue weighted by molar-refractivity contribution is 0.786. The minimum Gasteiger partial charge on any atom is -0.340 e. The number of benzene rings is 2. The van der Waals surface area contributed by atoms with Crippen LogP contribution in [0.15, 0.2) is 48.5 Å². The highest BCUT2D eigenvalue weighted by Gasteiger charge is 2.12. The van der Waals surface area contributed by atoms with Gasteiger partial charge in [-0.05, 0) is 36.8 Å². The van der Waals surface area contributed by atoms with E-state index in [1.807, 2.05) is 30.3 Å². The van der Waals surface area contributed by atoms with Crippen LogP contribution in [0.2, 0.25) is 5.02 Å². The minimum absolute atomic E-state index is 0.585. The second-order valence-electron chi connectivity index (χ2n) is 4.62. The van der Waals surface area contributed by atoms with Crippen LogP contribution in [0.3, 0.4) is 0 Å². The second kappa shape index (κ2) is 6.98. The lowest BCUT2D eigenvalue weighted by Crippen LogP contribution is -2.18. The molecule has 0 aliphatic heterocycles. The van der Waals surface area contributed by atoms with Crippen molar-refractivity contribution in [2.24, 2.45) is 0 Å². The molecule has 0 saturated carbocycles. The van der Waals surface area contributed by atoms with Crippen LogP contribution < -0.4 is 4.90 Å². The summed E-state index contributed by atoms with van der Waals surface area (Å²) in [6.45, 7) is 3.08. The van der Waals surface area contributed by atoms with E-state index in [2.05, 4.69) is 30.0 Å². The fourth-order valence-electron chi connectivity index (χ4n) is 2.11. The lowest BCUT2D eigenvalue weighted by Gasteiger charge is -2.26. The summed E-state index contributed by atoms with van der Waals surface area (Å²) in [5, 5.41) is 9.54. The van der Waals surface area contributed by atoms with Crippen molar-refractivity contribution in [2.75, 3.05) is 11.4 Å². The summed E-state index contributed by atoms with van der Waals surface area (Å²) in [5.74, 6) is 0. The number of hydrogen-bond donors (Lipinski definition) is 0. The summed E-state index contributed by atoms with van der Waals surface area (Å²) in [5.41, 5.74) is 2.65. The zero-order valence-electron chi connectivity index (χ0n) is 11.5. The summed E-state index contributed by atoms with van der Waals surface area (Å²) in [4.78, 5) is 2.20. The Hall–Kier alpha value is -1.98. The Labute approximate surface area is 125 Å². The number of rotatable bonds is 5. The minimum atomic E-state index is 0.585. The molecule has 0 aliphatic carbocycles. The predicted octanol–water partition coefficient (Wildman–Crippen LogP) is 5.15. The van der Waals surface area contributed by atoms with Crippen molar-refractivity contribution in [3.63, 3.8) is 0 Å². The van der Waals surface area contributed by atoms with Gasteiger partial charge in [-0.3, -0.25) is 0 Å². The van der Waals surface area contributed by atoms with Crippen LogP contribution in [0.5, 0.6) is 0 Å². The molecule has 0 saturated heterocycles. The first-order chi connectivity index (χ1) is 9.76. The van der Waals surface area contributed by atoms with Crippen LogP contribution in [0.25, 0.3) is 0 Å². The number of nitrogens with zero attached hydrogens (tertiary/aromatic N) is 2. The van der Waals surface area contributed by atoms with E-state index >= 15 is 0 Å². The van der Waals surface area contributed by atoms with E-state index < -0.39 is 0 Å². The van der Waals surface area contributed by atoms with Gasteiger partial charge in [0, 0.05) is 12.2 Å². The summed E-state index contributed by atoms with van der Waals surface area (Å²) in [6.07, 6.45) is 2.21. The van der Waals surface area contributed by atoms with E-state index in [0.717, 1.165) is 30.8 Å². The standard InChI is InChI=1S/C17H17ClN2/c1-2-3-11-20(15-7-5-4-6-8-15)17-10-9-14(13-19)12-16(17)18/h4-10,12H,2-3,11H2,1H3. The fraction of sp³-hybridized carbons (Fsp3) is 0.235. The topological polar surface area (TPSA) is 27.0 Å². The van der Waals surface area contributed by atoms with Crippen molar-refractivity contribution in [3.05, 3.63) is 59.1 Å². The average molecular weight is 285 g/mol. The highest BCUT2D eigenvalue weighted by atomic mass is 35.5. The molecule has 102 valence electrons. The molecule has 2 aromatic carbocycles. The second-order valence-corrected chi connectivity index (χ2v) is 5.03. The van der Waals surface area contributed by atoms with Crippen LogP contribution in [-0.4, -0.2) is 6.54 Å². The lowest BCUT2D eigenvalue weighted by atomic mass is 10.1. The molecule has 0 bridgehead atoms. The van der Waals surface area contributed by atoms with Crippen molar-refractivity contribution < 1.29 is 0 Å². The van der Waals surface area contributed by atoms with E-state index in [1.165, 1.54) is 0 Å². The molecule has 20 heavy (non-hydrogen) atoms. The maximum Gasteiger partial charge on any atom is 0.0992 e. The van der Waals surface area contributed by atoms with Crippen LogP contribution in [0, 0.1) is 11.3 Å². The number of halogens is 1. The van der Waals surface area contributed by atoms with Gasteiger partial charge in [0.25, 0.3) is 0 Å². The molecule has 0 atom stereocenters. The Bertz CT molecular complexity index is 602. The fourth-order valence-corrected chi connectivity index (χ4v) is 2.39. The molecule has 2 nitrogen and oxygen atoms in total. The number of nitriles is 1. The van der Waals surface area contributed by atoms with E-state index in [0.29, 0.717) is 10.6 Å². The van der Waals surface area contributed by atoms with Gasteiger partial charge in [-0.2, -0.15) is 5.26 Å². The number of hydrogen-bond acceptors (Lipinski definition) is 2. The first-order valence-electron chi connectivity index (χ1n) is 6.78. The molecular weight excluding hydrogens is 268 g/mol. The van der Waals surface area contributed by atoms with Crippen molar-refractivity contribution in [3.8, 4) is 6.07 Å². The van der Waals surface area contributed by atoms with E-state index in [1.54, 1.807) is 6.07 Å². The summed E-state index contributed by atoms with van der Waals surface area (Å²) < 4.78 is 0. The van der Waals surface area contributed by atoms with Crippen molar-refractivity contribution in [2.45, 2.75) is 19.8 Å². The molecule has 0 amide bonds. The SMILES string of the molecule is CCCCN(c1ccccc1)c1ccc(C#N)cc1Cl. The van der Waals surface area contributed by atoms with Crippen molar-refractivity contribution >= 4 is 23.0 Å². The third-order valence-corrected chi connectivity index (χ3v) is 3.47. The third kappa shape index (κ3) is 3.31. The Morgan fingerprint density at radius 1 is 1.15 bits per heavy atom. The van der Waals surface area contributed by atoms with Gasteiger partial charge in [0.1, 0.15) is 0 Å². The average Bonchev–Trinajstić information content (AvgIpc) is 2.50. The van der Waals surface area contributed by atoms with E-state index in [4.69, 9.17) is 16.9 Å². The zero-order chi connectivity index (χ0) is 14.4. The highest BCUT2D eigenvalue weighted by molar-refractivity contribution is 6.33. The van der Waals surface area contributed by atoms with Gasteiger partial charge in [0.15, 0.2) is 0 Å². The molecule has 0 unspecified atom stereocenters. The van der Waals surface area contributed by atoms with Crippen LogP contribution in [0.4, 0.5) is 11.4 Å². The molecule has 0 fully saturated rings. The van der Waals surface area contributed by atoms with Crippen molar-refractivity contribution in [1.82, 2.24) is 0 Å². The highest BCUT2D eigenvalue weighted by Crippen LogP contribution is 2.32. The molecule has 0 heterocycles. The number of anilines is 2. The summed E-state index contributed by atoms with van der Waals surface area (Å²) >= 11 is 6.34. The quantitative estimate of drug-likeness (QED) is 0.759. The van der Waals surface area contributed by atoms with Crippen LogP contribution in [0.1, 0.15) is 25.3 Å². The van der Waals surface area contributed by atoms with Crippen molar-refractivity contribution in [1.29, 1.82) is 5.26 Å². The van der Waals surface area contributed by atoms with Gasteiger partial charge in [-0.25, -0.2) is 0 Å². The zero-order valence-corrected chi connectivity index (χ0v) is 12.3. The Morgan fingerprint density at radius 3 is 2.50 bits per heavy atom. The maximum atomic E-state index is 8.93. The Balaban J connectivity index is 2.39. The largest absolute Gasteiger partial charge is 0.340 e. The van der Waals surface area contributed by atoms with Gasteiger partial charge in [0.05, 0.1) is 22.3 Å². The smallest absolute Gasteiger partial charge is 0.0992 e. The first kappa shape index (κ1) is 14.4. The normalized spacial score (nSPS) is 10.1. The van der Waals surface area contributed by atoms with Gasteiger partial charge >= 0.3 is 0 Å². The Morgan fingerprint density at radius 2 is 1.90 bits per heavy atom. The molecule has 3 heteroatoms. The van der Waals surface area contributed by atoms with Gasteiger partial charge in [0.2, 0.25) is 0 Å². The molecule has 0 radical (unpaired) electrons. The van der Waals surface area contributed by atoms with Gasteiger partial charge in [-0.1, -0.05) is 43.1 Å². The van der Waals surface area contributed by atoms with Gasteiger partial charge < -0.3 is 4.90 Å². The molecule has 2 aromatic rings. The molecule has 2 rings (SSSR count). The number of para-hydroxylation sites is 1. The van der Waals surface area contributed by atoms with E-state index in [9.17, 15) is 0 Å².